The molecule has 3 N–H and O–H groups in total. The highest BCUT2D eigenvalue weighted by Gasteiger charge is 2.10. The summed E-state index contributed by atoms with van der Waals surface area (Å²) in [5.74, 6) is -1.11. The predicted octanol–water partition coefficient (Wildman–Crippen LogP) is 3.19. The summed E-state index contributed by atoms with van der Waals surface area (Å²) in [6.45, 7) is -0.322. The summed E-state index contributed by atoms with van der Waals surface area (Å²) >= 11 is 3.30. The second-order valence-electron chi connectivity index (χ2n) is 4.01. The average molecular weight is 339 g/mol. The van der Waals surface area contributed by atoms with Crippen molar-refractivity contribution >= 4 is 33.2 Å². The molecular formula is C14H12BrFN2O2. The van der Waals surface area contributed by atoms with E-state index >= 15 is 0 Å². The molecule has 0 radical (unpaired) electrons. The van der Waals surface area contributed by atoms with Gasteiger partial charge in [-0.2, -0.15) is 0 Å². The van der Waals surface area contributed by atoms with E-state index in [0.717, 1.165) is 4.47 Å². The van der Waals surface area contributed by atoms with Crippen molar-refractivity contribution in [2.24, 2.45) is 0 Å². The molecule has 2 aromatic carbocycles. The average Bonchev–Trinajstić information content (AvgIpc) is 2.38. The van der Waals surface area contributed by atoms with E-state index in [4.69, 9.17) is 10.5 Å². The van der Waals surface area contributed by atoms with E-state index in [0.29, 0.717) is 5.69 Å². The van der Waals surface area contributed by atoms with E-state index < -0.39 is 11.7 Å². The zero-order valence-corrected chi connectivity index (χ0v) is 12.0. The number of nitrogen functional groups attached to an aromatic ring is 1. The highest BCUT2D eigenvalue weighted by molar-refractivity contribution is 9.10. The first-order valence-corrected chi connectivity index (χ1v) is 6.58. The monoisotopic (exact) mass is 338 g/mol. The van der Waals surface area contributed by atoms with E-state index in [2.05, 4.69) is 21.2 Å². The second-order valence-corrected chi connectivity index (χ2v) is 4.92. The summed E-state index contributed by atoms with van der Waals surface area (Å²) in [5.41, 5.74) is 6.35. The van der Waals surface area contributed by atoms with Gasteiger partial charge in [0.1, 0.15) is 0 Å². The minimum Gasteiger partial charge on any atom is -0.479 e. The zero-order valence-electron chi connectivity index (χ0n) is 10.4. The maximum absolute atomic E-state index is 13.4. The molecule has 1 amide bonds. The molecule has 4 nitrogen and oxygen atoms in total. The summed E-state index contributed by atoms with van der Waals surface area (Å²) in [4.78, 5) is 11.7. The van der Waals surface area contributed by atoms with Crippen molar-refractivity contribution in [2.75, 3.05) is 17.7 Å². The van der Waals surface area contributed by atoms with Crippen molar-refractivity contribution in [3.8, 4) is 5.75 Å². The molecule has 2 aromatic rings. The van der Waals surface area contributed by atoms with E-state index in [9.17, 15) is 9.18 Å². The first-order valence-electron chi connectivity index (χ1n) is 5.78. The third-order valence-corrected chi connectivity index (χ3v) is 2.95. The van der Waals surface area contributed by atoms with Gasteiger partial charge in [0.15, 0.2) is 18.2 Å². The minimum atomic E-state index is -0.597. The Balaban J connectivity index is 1.96. The zero-order chi connectivity index (χ0) is 14.5. The van der Waals surface area contributed by atoms with Crippen molar-refractivity contribution in [2.45, 2.75) is 0 Å². The summed E-state index contributed by atoms with van der Waals surface area (Å²) in [7, 11) is 0. The number of ether oxygens (including phenoxy) is 1. The molecule has 0 bridgehead atoms. The van der Waals surface area contributed by atoms with Gasteiger partial charge in [-0.15, -0.1) is 0 Å². The molecule has 2 rings (SSSR count). The molecule has 0 unspecified atom stereocenters. The number of amides is 1. The van der Waals surface area contributed by atoms with Gasteiger partial charge in [-0.25, -0.2) is 4.39 Å². The van der Waals surface area contributed by atoms with Crippen LogP contribution >= 0.6 is 15.9 Å². The molecule has 0 spiro atoms. The number of carbonyl (C=O) groups excluding carboxylic acids is 1. The van der Waals surface area contributed by atoms with Crippen molar-refractivity contribution in [1.82, 2.24) is 0 Å². The van der Waals surface area contributed by atoms with Crippen LogP contribution in [-0.4, -0.2) is 12.5 Å². The largest absolute Gasteiger partial charge is 0.479 e. The van der Waals surface area contributed by atoms with Gasteiger partial charge in [0, 0.05) is 10.2 Å². The fourth-order valence-electron chi connectivity index (χ4n) is 1.58. The maximum Gasteiger partial charge on any atom is 0.262 e. The minimum absolute atomic E-state index is 0.114. The summed E-state index contributed by atoms with van der Waals surface area (Å²) in [6.07, 6.45) is 0. The van der Waals surface area contributed by atoms with Gasteiger partial charge in [0.25, 0.3) is 5.91 Å². The summed E-state index contributed by atoms with van der Waals surface area (Å²) in [6, 6.07) is 11.3. The first-order chi connectivity index (χ1) is 9.56. The van der Waals surface area contributed by atoms with Crippen LogP contribution < -0.4 is 15.8 Å². The number of benzene rings is 2. The molecule has 6 heteroatoms. The molecule has 20 heavy (non-hydrogen) atoms. The number of rotatable bonds is 4. The van der Waals surface area contributed by atoms with E-state index in [-0.39, 0.29) is 18.0 Å². The fourth-order valence-corrected chi connectivity index (χ4v) is 1.98. The summed E-state index contributed by atoms with van der Waals surface area (Å²) in [5, 5.41) is 2.63. The number of hydrogen-bond donors (Lipinski definition) is 2. The number of nitrogens with two attached hydrogens (primary N) is 1. The Morgan fingerprint density at radius 2 is 2.05 bits per heavy atom. The van der Waals surface area contributed by atoms with Gasteiger partial charge in [0.2, 0.25) is 0 Å². The van der Waals surface area contributed by atoms with Gasteiger partial charge in [-0.1, -0.05) is 28.1 Å². The first kappa shape index (κ1) is 14.3. The van der Waals surface area contributed by atoms with Gasteiger partial charge in [-0.05, 0) is 30.3 Å². The van der Waals surface area contributed by atoms with E-state index in [1.807, 2.05) is 6.07 Å². The van der Waals surface area contributed by atoms with Crippen LogP contribution in [0.3, 0.4) is 0 Å². The lowest BCUT2D eigenvalue weighted by Crippen LogP contribution is -2.20. The molecule has 0 atom stereocenters. The smallest absolute Gasteiger partial charge is 0.262 e. The molecular weight excluding hydrogens is 327 g/mol. The van der Waals surface area contributed by atoms with Gasteiger partial charge < -0.3 is 15.8 Å². The van der Waals surface area contributed by atoms with Crippen molar-refractivity contribution < 1.29 is 13.9 Å². The molecule has 0 aliphatic carbocycles. The number of carbonyl (C=O) groups is 1. The molecule has 104 valence electrons. The lowest BCUT2D eigenvalue weighted by Gasteiger charge is -2.10. The van der Waals surface area contributed by atoms with Crippen molar-refractivity contribution in [3.05, 3.63) is 52.8 Å². The Kier molecular flexibility index (Phi) is 4.57. The molecule has 0 saturated heterocycles. The van der Waals surface area contributed by atoms with E-state index in [1.54, 1.807) is 18.2 Å². The topological polar surface area (TPSA) is 64.3 Å². The van der Waals surface area contributed by atoms with Crippen molar-refractivity contribution in [3.63, 3.8) is 0 Å². The lowest BCUT2D eigenvalue weighted by atomic mass is 10.3. The predicted molar refractivity (Wildman–Crippen MR) is 79.1 cm³/mol. The normalized spacial score (nSPS) is 10.1. The maximum atomic E-state index is 13.4. The van der Waals surface area contributed by atoms with Gasteiger partial charge >= 0.3 is 0 Å². The molecule has 0 aromatic heterocycles. The number of anilines is 2. The van der Waals surface area contributed by atoms with Crippen LogP contribution in [0.1, 0.15) is 0 Å². The van der Waals surface area contributed by atoms with Crippen LogP contribution in [0.15, 0.2) is 46.9 Å². The Bertz CT molecular complexity index is 614. The Labute approximate surface area is 123 Å². The van der Waals surface area contributed by atoms with Crippen LogP contribution in [-0.2, 0) is 4.79 Å². The standard InChI is InChI=1S/C14H12BrFN2O2/c15-9-3-1-4-10(7-9)18-13(19)8-20-14-11(16)5-2-6-12(14)17/h1-7H,8,17H2,(H,18,19). The molecule has 0 aliphatic heterocycles. The third-order valence-electron chi connectivity index (χ3n) is 2.45. The number of para-hydroxylation sites is 1. The van der Waals surface area contributed by atoms with Crippen molar-refractivity contribution in [1.29, 1.82) is 0 Å². The van der Waals surface area contributed by atoms with Gasteiger partial charge in [0.05, 0.1) is 5.69 Å². The third kappa shape index (κ3) is 3.71. The highest BCUT2D eigenvalue weighted by atomic mass is 79.9. The van der Waals surface area contributed by atoms with Crippen LogP contribution in [0, 0.1) is 5.82 Å². The fraction of sp³-hybridized carbons (Fsp3) is 0.0714. The van der Waals surface area contributed by atoms with Crippen LogP contribution in [0.2, 0.25) is 0 Å². The quantitative estimate of drug-likeness (QED) is 0.841. The van der Waals surface area contributed by atoms with Crippen LogP contribution in [0.5, 0.6) is 5.75 Å². The highest BCUT2D eigenvalue weighted by Crippen LogP contribution is 2.24. The molecule has 0 heterocycles. The van der Waals surface area contributed by atoms with E-state index in [1.165, 1.54) is 18.2 Å². The van der Waals surface area contributed by atoms with Crippen LogP contribution in [0.4, 0.5) is 15.8 Å². The Morgan fingerprint density at radius 1 is 1.30 bits per heavy atom. The second kappa shape index (κ2) is 6.38. The SMILES string of the molecule is Nc1cccc(F)c1OCC(=O)Nc1cccc(Br)c1. The Morgan fingerprint density at radius 3 is 2.75 bits per heavy atom. The summed E-state index contributed by atoms with van der Waals surface area (Å²) < 4.78 is 19.4. The van der Waals surface area contributed by atoms with Gasteiger partial charge in [-0.3, -0.25) is 4.79 Å². The molecule has 0 aliphatic rings. The number of hydrogen-bond acceptors (Lipinski definition) is 3. The molecule has 0 saturated carbocycles. The Hall–Kier alpha value is -2.08. The van der Waals surface area contributed by atoms with Crippen LogP contribution in [0.25, 0.3) is 0 Å². The molecule has 0 fully saturated rings. The lowest BCUT2D eigenvalue weighted by molar-refractivity contribution is -0.118. The number of halogens is 2. The number of nitrogens with one attached hydrogen (secondary N) is 1.